The number of nitrogens with zero attached hydrogens (tertiary/aromatic N) is 2. The van der Waals surface area contributed by atoms with Gasteiger partial charge in [-0.2, -0.15) is 0 Å². The molecule has 0 saturated carbocycles. The van der Waals surface area contributed by atoms with E-state index in [1.807, 2.05) is 45.9 Å². The first-order valence-corrected chi connectivity index (χ1v) is 12.9. The van der Waals surface area contributed by atoms with E-state index in [2.05, 4.69) is 6.58 Å². The number of aliphatic hydroxyl groups excluding tert-OH is 1. The van der Waals surface area contributed by atoms with E-state index in [0.29, 0.717) is 12.8 Å². The third-order valence-electron chi connectivity index (χ3n) is 8.08. The normalized spacial score (nSPS) is 29.4. The molecule has 0 radical (unpaired) electrons. The first kappa shape index (κ1) is 26.4. The number of aryl methyl sites for hydroxylation is 2. The molecular weight excluding hydrogens is 460 g/mol. The summed E-state index contributed by atoms with van der Waals surface area (Å²) < 4.78 is 11.8. The molecule has 196 valence electrons. The van der Waals surface area contributed by atoms with Crippen LogP contribution in [0.4, 0.5) is 5.69 Å². The lowest BCUT2D eigenvalue weighted by atomic mass is 9.70. The molecule has 0 aromatic heterocycles. The van der Waals surface area contributed by atoms with Crippen LogP contribution in [0.15, 0.2) is 30.9 Å². The van der Waals surface area contributed by atoms with Crippen molar-refractivity contribution in [1.29, 1.82) is 0 Å². The molecule has 6 atom stereocenters. The standard InChI is InChI=1S/C28H38N2O6/c1-7-13-29(19-14-17(5)9-10-18(19)6)26(33)24-28-12-11-21(36-28)22(27(34)35-8-2)23(28)25(32)30(24)20(15-31)16(3)4/h7,9-10,14,16,20-24,31H,1,8,11-13,15H2,2-6H3/t20-,21-,22+,23+,24-,28+/m0/s1. The molecule has 8 nitrogen and oxygen atoms in total. The number of carbonyl (C=O) groups excluding carboxylic acids is 3. The number of fused-ring (bicyclic) bond motifs is 1. The van der Waals surface area contributed by atoms with Gasteiger partial charge in [0.2, 0.25) is 5.91 Å². The zero-order valence-electron chi connectivity index (χ0n) is 21.9. The summed E-state index contributed by atoms with van der Waals surface area (Å²) in [6, 6.07) is 4.33. The van der Waals surface area contributed by atoms with Gasteiger partial charge in [0.1, 0.15) is 11.6 Å². The monoisotopic (exact) mass is 498 g/mol. The molecule has 1 aromatic carbocycles. The zero-order valence-corrected chi connectivity index (χ0v) is 21.9. The lowest BCUT2D eigenvalue weighted by molar-refractivity contribution is -0.155. The minimum atomic E-state index is -1.14. The van der Waals surface area contributed by atoms with Crippen LogP contribution in [0.2, 0.25) is 0 Å². The summed E-state index contributed by atoms with van der Waals surface area (Å²) in [6.45, 7) is 13.5. The summed E-state index contributed by atoms with van der Waals surface area (Å²) >= 11 is 0. The summed E-state index contributed by atoms with van der Waals surface area (Å²) in [5, 5.41) is 10.3. The highest BCUT2D eigenvalue weighted by atomic mass is 16.6. The van der Waals surface area contributed by atoms with E-state index >= 15 is 0 Å². The van der Waals surface area contributed by atoms with Gasteiger partial charge in [-0.1, -0.05) is 32.1 Å². The van der Waals surface area contributed by atoms with Crippen LogP contribution in [-0.4, -0.2) is 71.3 Å². The molecule has 0 unspecified atom stereocenters. The number of hydrogen-bond donors (Lipinski definition) is 1. The Labute approximate surface area is 213 Å². The number of esters is 1. The van der Waals surface area contributed by atoms with Crippen LogP contribution >= 0.6 is 0 Å². The van der Waals surface area contributed by atoms with Crippen molar-refractivity contribution in [3.05, 3.63) is 42.0 Å². The first-order chi connectivity index (χ1) is 17.1. The second-order valence-electron chi connectivity index (χ2n) is 10.6. The highest BCUT2D eigenvalue weighted by Crippen LogP contribution is 2.59. The number of anilines is 1. The molecule has 1 spiro atoms. The van der Waals surface area contributed by atoms with E-state index in [-0.39, 0.29) is 37.5 Å². The molecule has 3 heterocycles. The summed E-state index contributed by atoms with van der Waals surface area (Å²) in [7, 11) is 0. The average molecular weight is 499 g/mol. The molecule has 4 rings (SSSR count). The van der Waals surface area contributed by atoms with Gasteiger partial charge in [0.05, 0.1) is 37.2 Å². The third-order valence-corrected chi connectivity index (χ3v) is 8.08. The summed E-state index contributed by atoms with van der Waals surface area (Å²) in [4.78, 5) is 44.8. The fourth-order valence-electron chi connectivity index (χ4n) is 6.45. The van der Waals surface area contributed by atoms with E-state index in [9.17, 15) is 19.5 Å². The van der Waals surface area contributed by atoms with Gasteiger partial charge in [-0.3, -0.25) is 14.4 Å². The quantitative estimate of drug-likeness (QED) is 0.416. The molecule has 8 heteroatoms. The van der Waals surface area contributed by atoms with Gasteiger partial charge in [-0.05, 0) is 56.7 Å². The SMILES string of the molecule is C=CCN(C(=O)[C@@H]1N([C@@H](CO)C(C)C)C(=O)[C@H]2[C@H](C(=O)OCC)[C@@H]3CC[C@]12O3)c1cc(C)ccc1C. The molecule has 3 aliphatic heterocycles. The van der Waals surface area contributed by atoms with Crippen LogP contribution < -0.4 is 4.90 Å². The number of amides is 2. The number of likely N-dealkylation sites (tertiary alicyclic amines) is 1. The molecule has 3 saturated heterocycles. The van der Waals surface area contributed by atoms with Gasteiger partial charge in [0.15, 0.2) is 0 Å². The van der Waals surface area contributed by atoms with Crippen LogP contribution in [0.1, 0.15) is 44.7 Å². The van der Waals surface area contributed by atoms with Gasteiger partial charge in [-0.25, -0.2) is 0 Å². The van der Waals surface area contributed by atoms with Gasteiger partial charge in [-0.15, -0.1) is 6.58 Å². The van der Waals surface area contributed by atoms with Crippen molar-refractivity contribution < 1.29 is 29.0 Å². The maximum Gasteiger partial charge on any atom is 0.312 e. The number of benzene rings is 1. The van der Waals surface area contributed by atoms with Crippen molar-refractivity contribution in [2.75, 3.05) is 24.7 Å². The van der Waals surface area contributed by atoms with Crippen molar-refractivity contribution in [3.63, 3.8) is 0 Å². The van der Waals surface area contributed by atoms with Crippen LogP contribution in [0.25, 0.3) is 0 Å². The molecule has 2 amide bonds. The summed E-state index contributed by atoms with van der Waals surface area (Å²) in [5.41, 5.74) is 1.52. The minimum absolute atomic E-state index is 0.115. The molecule has 2 bridgehead atoms. The summed E-state index contributed by atoms with van der Waals surface area (Å²) in [5.74, 6) is -2.76. The fraction of sp³-hybridized carbons (Fsp3) is 0.607. The Balaban J connectivity index is 1.85. The van der Waals surface area contributed by atoms with Crippen molar-refractivity contribution >= 4 is 23.5 Å². The van der Waals surface area contributed by atoms with Crippen molar-refractivity contribution in [2.45, 2.75) is 71.2 Å². The number of rotatable bonds is 9. The van der Waals surface area contributed by atoms with Gasteiger partial charge in [0.25, 0.3) is 5.91 Å². The smallest absolute Gasteiger partial charge is 0.312 e. The largest absolute Gasteiger partial charge is 0.466 e. The van der Waals surface area contributed by atoms with Crippen LogP contribution in [0, 0.1) is 31.6 Å². The van der Waals surface area contributed by atoms with Gasteiger partial charge >= 0.3 is 5.97 Å². The second kappa shape index (κ2) is 9.98. The molecule has 1 N–H and O–H groups in total. The van der Waals surface area contributed by atoms with Crippen LogP contribution in [0.5, 0.6) is 0 Å². The van der Waals surface area contributed by atoms with Gasteiger partial charge in [0, 0.05) is 12.2 Å². The maximum atomic E-state index is 14.5. The Bertz CT molecular complexity index is 1050. The Morgan fingerprint density at radius 1 is 1.36 bits per heavy atom. The zero-order chi connectivity index (χ0) is 26.4. The molecular formula is C28H38N2O6. The second-order valence-corrected chi connectivity index (χ2v) is 10.6. The highest BCUT2D eigenvalue weighted by Gasteiger charge is 2.75. The molecule has 0 aliphatic carbocycles. The topological polar surface area (TPSA) is 96.4 Å². The van der Waals surface area contributed by atoms with Gasteiger partial charge < -0.3 is 24.4 Å². The molecule has 36 heavy (non-hydrogen) atoms. The predicted octanol–water partition coefficient (Wildman–Crippen LogP) is 2.78. The molecule has 1 aromatic rings. The minimum Gasteiger partial charge on any atom is -0.466 e. The van der Waals surface area contributed by atoms with E-state index in [0.717, 1.165) is 16.8 Å². The summed E-state index contributed by atoms with van der Waals surface area (Å²) in [6.07, 6.45) is 2.26. The van der Waals surface area contributed by atoms with Crippen molar-refractivity contribution in [1.82, 2.24) is 4.90 Å². The number of ether oxygens (including phenoxy) is 2. The Kier molecular flexibility index (Phi) is 7.30. The highest BCUT2D eigenvalue weighted by molar-refractivity contribution is 6.05. The Morgan fingerprint density at radius 3 is 2.69 bits per heavy atom. The Hall–Kier alpha value is -2.71. The maximum absolute atomic E-state index is 14.5. The lowest BCUT2D eigenvalue weighted by Gasteiger charge is -2.40. The van der Waals surface area contributed by atoms with Crippen LogP contribution in [-0.2, 0) is 23.9 Å². The number of hydrogen-bond acceptors (Lipinski definition) is 6. The van der Waals surface area contributed by atoms with E-state index < -0.39 is 41.6 Å². The fourth-order valence-corrected chi connectivity index (χ4v) is 6.45. The number of carbonyl (C=O) groups is 3. The number of aliphatic hydroxyl groups is 1. The Morgan fingerprint density at radius 2 is 2.08 bits per heavy atom. The first-order valence-electron chi connectivity index (χ1n) is 12.9. The van der Waals surface area contributed by atoms with E-state index in [4.69, 9.17) is 9.47 Å². The van der Waals surface area contributed by atoms with Crippen molar-refractivity contribution in [3.8, 4) is 0 Å². The van der Waals surface area contributed by atoms with E-state index in [1.54, 1.807) is 17.9 Å². The lowest BCUT2D eigenvalue weighted by Crippen LogP contribution is -2.60. The molecule has 3 fully saturated rings. The molecule has 3 aliphatic rings. The predicted molar refractivity (Wildman–Crippen MR) is 135 cm³/mol. The van der Waals surface area contributed by atoms with E-state index in [1.165, 1.54) is 4.90 Å². The average Bonchev–Trinajstić information content (AvgIpc) is 3.47. The van der Waals surface area contributed by atoms with Crippen molar-refractivity contribution in [2.24, 2.45) is 17.8 Å². The van der Waals surface area contributed by atoms with Crippen LogP contribution in [0.3, 0.4) is 0 Å². The third kappa shape index (κ3) is 3.95.